The first-order valence-corrected chi connectivity index (χ1v) is 5.74. The molecule has 4 nitrogen and oxygen atoms in total. The van der Waals surface area contributed by atoms with E-state index in [0.29, 0.717) is 5.13 Å². The molecule has 78 valence electrons. The quantitative estimate of drug-likeness (QED) is 0.921. The van der Waals surface area contributed by atoms with Gasteiger partial charge in [0.05, 0.1) is 11.6 Å². The van der Waals surface area contributed by atoms with E-state index in [1.807, 2.05) is 18.2 Å². The van der Waals surface area contributed by atoms with Gasteiger partial charge in [0, 0.05) is 5.56 Å². The molecule has 0 aliphatic heterocycles. The van der Waals surface area contributed by atoms with Gasteiger partial charge in [-0.3, -0.25) is 0 Å². The Morgan fingerprint density at radius 2 is 2.20 bits per heavy atom. The van der Waals surface area contributed by atoms with E-state index in [4.69, 9.17) is 10.5 Å². The zero-order chi connectivity index (χ0) is 10.8. The van der Waals surface area contributed by atoms with Crippen molar-refractivity contribution < 1.29 is 4.74 Å². The van der Waals surface area contributed by atoms with Crippen molar-refractivity contribution in [3.05, 3.63) is 22.7 Å². The molecule has 0 aliphatic rings. The Bertz CT molecular complexity index is 486. The number of anilines is 1. The maximum absolute atomic E-state index is 5.52. The number of hydrogen-bond acceptors (Lipinski definition) is 5. The van der Waals surface area contributed by atoms with Gasteiger partial charge in [0.15, 0.2) is 0 Å². The van der Waals surface area contributed by atoms with Crippen molar-refractivity contribution in [3.63, 3.8) is 0 Å². The minimum Gasteiger partial charge on any atom is -0.496 e. The summed E-state index contributed by atoms with van der Waals surface area (Å²) < 4.78 is 6.02. The summed E-state index contributed by atoms with van der Waals surface area (Å²) in [6.07, 6.45) is 0. The van der Waals surface area contributed by atoms with E-state index >= 15 is 0 Å². The van der Waals surface area contributed by atoms with Gasteiger partial charge in [-0.15, -0.1) is 10.2 Å². The van der Waals surface area contributed by atoms with E-state index in [-0.39, 0.29) is 0 Å². The van der Waals surface area contributed by atoms with E-state index < -0.39 is 0 Å². The maximum Gasteiger partial charge on any atom is 0.203 e. The average molecular weight is 286 g/mol. The molecule has 15 heavy (non-hydrogen) atoms. The molecule has 1 aromatic heterocycles. The number of nitrogens with two attached hydrogens (primary N) is 1. The van der Waals surface area contributed by atoms with Crippen molar-refractivity contribution >= 4 is 32.4 Å². The van der Waals surface area contributed by atoms with Crippen LogP contribution in [-0.2, 0) is 0 Å². The van der Waals surface area contributed by atoms with Crippen LogP contribution in [0.1, 0.15) is 0 Å². The van der Waals surface area contributed by atoms with Gasteiger partial charge < -0.3 is 10.5 Å². The summed E-state index contributed by atoms with van der Waals surface area (Å²) >= 11 is 4.77. The Labute approximate surface area is 99.2 Å². The second-order valence-corrected chi connectivity index (χ2v) is 4.66. The van der Waals surface area contributed by atoms with Crippen molar-refractivity contribution in [3.8, 4) is 16.3 Å². The van der Waals surface area contributed by atoms with Crippen molar-refractivity contribution in [1.82, 2.24) is 10.2 Å². The van der Waals surface area contributed by atoms with Gasteiger partial charge in [0.1, 0.15) is 10.8 Å². The number of nitrogen functional groups attached to an aromatic ring is 1. The third-order valence-electron chi connectivity index (χ3n) is 1.84. The highest BCUT2D eigenvalue weighted by Gasteiger charge is 2.07. The Balaban J connectivity index is 2.42. The molecule has 6 heteroatoms. The van der Waals surface area contributed by atoms with Crippen molar-refractivity contribution in [2.75, 3.05) is 12.8 Å². The number of ether oxygens (including phenoxy) is 1. The lowest BCUT2D eigenvalue weighted by molar-refractivity contribution is 0.412. The molecule has 0 radical (unpaired) electrons. The molecular weight excluding hydrogens is 278 g/mol. The number of nitrogens with zero attached hydrogens (tertiary/aromatic N) is 2. The molecule has 1 heterocycles. The topological polar surface area (TPSA) is 61.0 Å². The van der Waals surface area contributed by atoms with E-state index in [2.05, 4.69) is 26.1 Å². The lowest BCUT2D eigenvalue weighted by Gasteiger charge is -2.03. The number of aromatic nitrogens is 2. The van der Waals surface area contributed by atoms with Crippen LogP contribution < -0.4 is 10.5 Å². The van der Waals surface area contributed by atoms with Crippen LogP contribution >= 0.6 is 27.3 Å². The zero-order valence-electron chi connectivity index (χ0n) is 7.90. The molecule has 0 aliphatic carbocycles. The molecule has 1 aromatic carbocycles. The van der Waals surface area contributed by atoms with E-state index in [1.165, 1.54) is 11.3 Å². The van der Waals surface area contributed by atoms with Crippen LogP contribution in [0.25, 0.3) is 10.6 Å². The second-order valence-electron chi connectivity index (χ2n) is 2.79. The van der Waals surface area contributed by atoms with Gasteiger partial charge in [-0.05, 0) is 34.1 Å². The van der Waals surface area contributed by atoms with E-state index in [1.54, 1.807) is 7.11 Å². The fourth-order valence-corrected chi connectivity index (χ4v) is 2.30. The summed E-state index contributed by atoms with van der Waals surface area (Å²) in [5.41, 5.74) is 6.49. The van der Waals surface area contributed by atoms with Crippen LogP contribution in [0.15, 0.2) is 22.7 Å². The van der Waals surface area contributed by atoms with Crippen molar-refractivity contribution in [1.29, 1.82) is 0 Å². The first-order chi connectivity index (χ1) is 7.20. The van der Waals surface area contributed by atoms with E-state index in [9.17, 15) is 0 Å². The normalized spacial score (nSPS) is 10.3. The first kappa shape index (κ1) is 10.4. The third kappa shape index (κ3) is 2.10. The molecule has 0 atom stereocenters. The van der Waals surface area contributed by atoms with Crippen LogP contribution in [0.3, 0.4) is 0 Å². The lowest BCUT2D eigenvalue weighted by Crippen LogP contribution is -1.85. The van der Waals surface area contributed by atoms with E-state index in [0.717, 1.165) is 20.8 Å². The Morgan fingerprint density at radius 1 is 1.40 bits per heavy atom. The monoisotopic (exact) mass is 285 g/mol. The highest BCUT2D eigenvalue weighted by Crippen LogP contribution is 2.32. The number of halogens is 1. The molecule has 2 N–H and O–H groups in total. The van der Waals surface area contributed by atoms with Crippen LogP contribution in [0.2, 0.25) is 0 Å². The Morgan fingerprint density at radius 3 is 2.73 bits per heavy atom. The SMILES string of the molecule is COc1ccc(-c2nnc(N)s2)cc1Br. The predicted octanol–water partition coefficient (Wildman–Crippen LogP) is 2.56. The van der Waals surface area contributed by atoms with Gasteiger partial charge in [0.2, 0.25) is 5.13 Å². The highest BCUT2D eigenvalue weighted by atomic mass is 79.9. The molecule has 0 fully saturated rings. The summed E-state index contributed by atoms with van der Waals surface area (Å²) in [5, 5.41) is 9.00. The predicted molar refractivity (Wildman–Crippen MR) is 64.0 cm³/mol. The maximum atomic E-state index is 5.52. The standard InChI is InChI=1S/C9H8BrN3OS/c1-14-7-3-2-5(4-6(7)10)8-12-13-9(11)15-8/h2-4H,1H3,(H2,11,13). The first-order valence-electron chi connectivity index (χ1n) is 4.13. The average Bonchev–Trinajstić information content (AvgIpc) is 2.65. The molecule has 0 saturated heterocycles. The summed E-state index contributed by atoms with van der Waals surface area (Å²) in [7, 11) is 1.63. The number of benzene rings is 1. The zero-order valence-corrected chi connectivity index (χ0v) is 10.3. The molecular formula is C9H8BrN3OS. The molecule has 0 unspecified atom stereocenters. The largest absolute Gasteiger partial charge is 0.496 e. The second kappa shape index (κ2) is 4.16. The van der Waals surface area contributed by atoms with Crippen LogP contribution in [0.4, 0.5) is 5.13 Å². The summed E-state index contributed by atoms with van der Waals surface area (Å²) in [4.78, 5) is 0. The Kier molecular flexibility index (Phi) is 2.88. The highest BCUT2D eigenvalue weighted by molar-refractivity contribution is 9.10. The summed E-state index contributed by atoms with van der Waals surface area (Å²) in [6.45, 7) is 0. The number of rotatable bonds is 2. The fraction of sp³-hybridized carbons (Fsp3) is 0.111. The lowest BCUT2D eigenvalue weighted by atomic mass is 10.2. The van der Waals surface area contributed by atoms with Gasteiger partial charge in [-0.2, -0.15) is 0 Å². The van der Waals surface area contributed by atoms with Crippen LogP contribution in [-0.4, -0.2) is 17.3 Å². The van der Waals surface area contributed by atoms with Crippen LogP contribution in [0.5, 0.6) is 5.75 Å². The molecule has 0 spiro atoms. The van der Waals surface area contributed by atoms with Crippen LogP contribution in [0, 0.1) is 0 Å². The van der Waals surface area contributed by atoms with Gasteiger partial charge >= 0.3 is 0 Å². The number of hydrogen-bond donors (Lipinski definition) is 1. The molecule has 2 rings (SSSR count). The third-order valence-corrected chi connectivity index (χ3v) is 3.26. The van der Waals surface area contributed by atoms with Gasteiger partial charge in [-0.25, -0.2) is 0 Å². The smallest absolute Gasteiger partial charge is 0.203 e. The summed E-state index contributed by atoms with van der Waals surface area (Å²) in [6, 6.07) is 5.72. The van der Waals surface area contributed by atoms with Gasteiger partial charge in [0.25, 0.3) is 0 Å². The molecule has 0 saturated carbocycles. The van der Waals surface area contributed by atoms with Crippen molar-refractivity contribution in [2.45, 2.75) is 0 Å². The number of methoxy groups -OCH3 is 1. The molecule has 0 bridgehead atoms. The minimum absolute atomic E-state index is 0.469. The fourth-order valence-electron chi connectivity index (χ4n) is 1.15. The van der Waals surface area contributed by atoms with Crippen molar-refractivity contribution in [2.24, 2.45) is 0 Å². The van der Waals surface area contributed by atoms with Gasteiger partial charge in [-0.1, -0.05) is 11.3 Å². The minimum atomic E-state index is 0.469. The Hall–Kier alpha value is -1.14. The summed E-state index contributed by atoms with van der Waals surface area (Å²) in [5.74, 6) is 0.788. The molecule has 0 amide bonds. The molecule has 2 aromatic rings.